The minimum atomic E-state index is -0.0486. The van der Waals surface area contributed by atoms with Crippen LogP contribution in [0, 0.1) is 0 Å². The molecular weight excluding hydrogens is 399 g/mol. The van der Waals surface area contributed by atoms with E-state index in [-0.39, 0.29) is 45.2 Å². The Kier molecular flexibility index (Phi) is 26.8. The van der Waals surface area contributed by atoms with E-state index in [1.807, 2.05) is 13.8 Å². The first-order valence-corrected chi connectivity index (χ1v) is 12.8. The first-order chi connectivity index (χ1) is 13.1. The van der Waals surface area contributed by atoms with E-state index in [9.17, 15) is 9.00 Å². The summed E-state index contributed by atoms with van der Waals surface area (Å²) in [6, 6.07) is 0. The molecule has 0 aromatic carbocycles. The van der Waals surface area contributed by atoms with Crippen molar-refractivity contribution in [2.75, 3.05) is 0 Å². The molecule has 0 radical (unpaired) electrons. The molecule has 0 unspecified atom stereocenters. The van der Waals surface area contributed by atoms with Gasteiger partial charge in [-0.05, 0) is 31.6 Å². The van der Waals surface area contributed by atoms with Crippen LogP contribution in [-0.4, -0.2) is 45.2 Å². The quantitative estimate of drug-likeness (QED) is 0.0913. The second kappa shape index (κ2) is 24.1. The van der Waals surface area contributed by atoms with Crippen LogP contribution in [0.15, 0.2) is 0 Å². The van der Waals surface area contributed by atoms with E-state index in [2.05, 4.69) is 6.92 Å². The normalized spacial score (nSPS) is 11.8. The fraction of sp³-hybridized carbons (Fsp3) is 0.909. The van der Waals surface area contributed by atoms with Crippen molar-refractivity contribution in [3.63, 3.8) is 0 Å². The Morgan fingerprint density at radius 2 is 1.18 bits per heavy atom. The Labute approximate surface area is 204 Å². The Morgan fingerprint density at radius 1 is 0.786 bits per heavy atom. The first kappa shape index (κ1) is 31.1. The summed E-state index contributed by atoms with van der Waals surface area (Å²) in [4.78, 5) is 11.9. The van der Waals surface area contributed by atoms with E-state index >= 15 is 0 Å². The number of unbranched alkanes of at least 4 members (excludes halogenated alkanes) is 14. The number of carbonyl (C=O) groups is 1. The van der Waals surface area contributed by atoms with E-state index in [1.165, 1.54) is 83.5 Å². The van der Waals surface area contributed by atoms with Crippen molar-refractivity contribution in [2.24, 2.45) is 0 Å². The molecule has 0 saturated carbocycles. The number of rotatable bonds is 17. The van der Waals surface area contributed by atoms with Gasteiger partial charge in [0.05, 0.1) is 6.10 Å². The van der Waals surface area contributed by atoms with Crippen LogP contribution in [0.5, 0.6) is 0 Å². The Morgan fingerprint density at radius 3 is 1.54 bits per heavy atom. The molecule has 0 heterocycles. The van der Waals surface area contributed by atoms with Gasteiger partial charge in [-0.2, -0.15) is 0 Å². The Bertz CT molecular complexity index is 401. The summed E-state index contributed by atoms with van der Waals surface area (Å²) in [6.07, 6.45) is 20.4. The van der Waals surface area contributed by atoms with Gasteiger partial charge < -0.3 is 0 Å². The molecule has 0 aliphatic heterocycles. The summed E-state index contributed by atoms with van der Waals surface area (Å²) in [5, 5.41) is 0.101. The fourth-order valence-electron chi connectivity index (χ4n) is 3.07. The summed E-state index contributed by atoms with van der Waals surface area (Å²) < 4.78 is 16.5. The van der Waals surface area contributed by atoms with Crippen molar-refractivity contribution in [1.82, 2.24) is 0 Å². The van der Waals surface area contributed by atoms with Gasteiger partial charge in [-0.25, -0.2) is 0 Å². The van der Waals surface area contributed by atoms with E-state index in [0.29, 0.717) is 29.4 Å². The molecule has 0 rings (SSSR count). The number of hydrogen-bond acceptors (Lipinski definition) is 3. The van der Waals surface area contributed by atoms with Crippen LogP contribution in [0.3, 0.4) is 0 Å². The number of ether oxygens (including phenoxy) is 1. The van der Waals surface area contributed by atoms with Crippen LogP contribution < -0.4 is 0 Å². The molecule has 0 fully saturated rings. The second-order valence-corrected chi connectivity index (χ2v) is 9.69. The molecule has 0 saturated heterocycles. The first-order valence-electron chi connectivity index (χ1n) is 11.2. The molecule has 3 nitrogen and oxygen atoms in total. The monoisotopic (exact) mass is 443 g/mol. The summed E-state index contributed by atoms with van der Waals surface area (Å²) >= 11 is 0.738. The van der Waals surface area contributed by atoms with Crippen molar-refractivity contribution in [2.45, 2.75) is 130 Å². The number of thiol groups is 1. The zero-order valence-electron chi connectivity index (χ0n) is 18.0. The van der Waals surface area contributed by atoms with E-state index in [0.717, 1.165) is 12.8 Å². The fourth-order valence-corrected chi connectivity index (χ4v) is 4.49. The van der Waals surface area contributed by atoms with Gasteiger partial charge in [0.15, 0.2) is 5.12 Å². The topological polar surface area (TPSA) is 43.4 Å². The third kappa shape index (κ3) is 23.2. The average Bonchev–Trinajstić information content (AvgIpc) is 2.64. The molecule has 0 atom stereocenters. The van der Waals surface area contributed by atoms with Crippen LogP contribution in [0.1, 0.15) is 124 Å². The minimum absolute atomic E-state index is 0. The molecule has 0 bridgehead atoms. The Hall–Kier alpha value is 0.870. The SMILES string of the molecule is CCCCCCCCCCCCCCCCCC(=O)[SH]=C(OC(C)C)[S+]=O.[NaH]. The number of carbonyl (C=O) groups excluding carboxylic acids is 1. The molecular formula is C22H44NaO3S2+. The standard InChI is InChI=1S/C22H43O3S2.Na.H/c1-4-5-6-7-8-9-10-11-12-13-14-15-16-17-18-19-21(23)26-22(27-24)25-20(2)3;;/h20,26H,4-19H2,1-3H3;;/q+1;;. The summed E-state index contributed by atoms with van der Waals surface area (Å²) in [6.45, 7) is 6.00. The third-order valence-corrected chi connectivity index (χ3v) is 6.12. The van der Waals surface area contributed by atoms with Crippen molar-refractivity contribution in [3.05, 3.63) is 0 Å². The van der Waals surface area contributed by atoms with E-state index in [4.69, 9.17) is 4.74 Å². The van der Waals surface area contributed by atoms with Gasteiger partial charge in [-0.3, -0.25) is 9.53 Å². The van der Waals surface area contributed by atoms with Crippen LogP contribution in [0.25, 0.3) is 0 Å². The number of hydrogen-bond donors (Lipinski definition) is 1. The third-order valence-electron chi connectivity index (χ3n) is 4.62. The molecule has 0 spiro atoms. The van der Waals surface area contributed by atoms with Gasteiger partial charge in [0, 0.05) is 10.6 Å². The van der Waals surface area contributed by atoms with Gasteiger partial charge in [-0.1, -0.05) is 96.8 Å². The summed E-state index contributed by atoms with van der Waals surface area (Å²) in [5.41, 5.74) is 0. The summed E-state index contributed by atoms with van der Waals surface area (Å²) in [5.74, 6) is 0. The van der Waals surface area contributed by atoms with Crippen LogP contribution in [0.4, 0.5) is 0 Å². The summed E-state index contributed by atoms with van der Waals surface area (Å²) in [7, 11) is 0. The Balaban J connectivity index is 0. The van der Waals surface area contributed by atoms with Crippen LogP contribution in [0.2, 0.25) is 0 Å². The van der Waals surface area contributed by atoms with Crippen molar-refractivity contribution >= 4 is 62.1 Å². The predicted octanol–water partition coefficient (Wildman–Crippen LogP) is 6.53. The molecule has 0 aromatic heterocycles. The van der Waals surface area contributed by atoms with Crippen molar-refractivity contribution in [1.29, 1.82) is 0 Å². The average molecular weight is 444 g/mol. The van der Waals surface area contributed by atoms with Gasteiger partial charge in [0.2, 0.25) is 0 Å². The molecule has 0 amide bonds. The van der Waals surface area contributed by atoms with Crippen LogP contribution >= 0.6 is 11.4 Å². The van der Waals surface area contributed by atoms with Crippen molar-refractivity contribution in [3.8, 4) is 0 Å². The molecule has 162 valence electrons. The van der Waals surface area contributed by atoms with Crippen LogP contribution in [-0.2, 0) is 25.4 Å². The zero-order chi connectivity index (χ0) is 20.2. The van der Waals surface area contributed by atoms with Gasteiger partial charge in [-0.15, -0.1) is 0 Å². The van der Waals surface area contributed by atoms with Gasteiger partial charge in [0.25, 0.3) is 0 Å². The zero-order valence-corrected chi connectivity index (χ0v) is 19.7. The maximum atomic E-state index is 11.9. The van der Waals surface area contributed by atoms with E-state index < -0.39 is 0 Å². The van der Waals surface area contributed by atoms with Gasteiger partial charge in [0.1, 0.15) is 0 Å². The molecule has 28 heavy (non-hydrogen) atoms. The second-order valence-electron chi connectivity index (χ2n) is 7.72. The van der Waals surface area contributed by atoms with Gasteiger partial charge >= 0.3 is 45.6 Å². The molecule has 6 heteroatoms. The molecule has 0 aliphatic carbocycles. The maximum absolute atomic E-state index is 11.9. The van der Waals surface area contributed by atoms with Crippen molar-refractivity contribution < 1.29 is 13.7 Å². The predicted molar refractivity (Wildman–Crippen MR) is 130 cm³/mol. The molecule has 0 N–H and O–H groups in total. The van der Waals surface area contributed by atoms with E-state index in [1.54, 1.807) is 0 Å². The molecule has 0 aliphatic rings. The molecule has 0 aromatic rings.